The molecular weight excluding hydrogens is 247 g/mol. The second-order valence-corrected chi connectivity index (χ2v) is 7.54. The Labute approximate surface area is 78.1 Å². The average molecular weight is 266 g/mol. The number of hydrogen-bond acceptors (Lipinski definition) is 2. The predicted molar refractivity (Wildman–Crippen MR) is 48.7 cm³/mol. The summed E-state index contributed by atoms with van der Waals surface area (Å²) < 4.78 is 12.3. The van der Waals surface area contributed by atoms with Gasteiger partial charge in [-0.25, -0.2) is 0 Å². The first-order chi connectivity index (χ1) is 5.35. The Morgan fingerprint density at radius 2 is 1.55 bits per heavy atom. The molecule has 0 heterocycles. The maximum atomic E-state index is 5.56. The molecule has 67 valence electrons. The van der Waals surface area contributed by atoms with E-state index in [1.807, 2.05) is 13.8 Å². The van der Waals surface area contributed by atoms with Crippen LogP contribution in [0.2, 0.25) is 4.44 Å². The number of rotatable bonds is 7. The molecule has 1 radical (unpaired) electrons. The summed E-state index contributed by atoms with van der Waals surface area (Å²) in [5.74, 6) is 0. The van der Waals surface area contributed by atoms with Crippen LogP contribution >= 0.6 is 0 Å². The molecule has 0 saturated carbocycles. The van der Waals surface area contributed by atoms with Gasteiger partial charge in [-0.05, 0) is 0 Å². The molecule has 0 aromatic carbocycles. The van der Waals surface area contributed by atoms with Crippen LogP contribution in [0.3, 0.4) is 0 Å². The Kier molecular flexibility index (Phi) is 9.39. The second-order valence-electron chi connectivity index (χ2n) is 2.34. The van der Waals surface area contributed by atoms with E-state index in [1.54, 1.807) is 0 Å². The summed E-state index contributed by atoms with van der Waals surface area (Å²) in [6.07, 6.45) is 2.53. The van der Waals surface area contributed by atoms with E-state index in [2.05, 4.69) is 6.92 Å². The van der Waals surface area contributed by atoms with Gasteiger partial charge in [0.2, 0.25) is 0 Å². The first kappa shape index (κ1) is 11.7. The fourth-order valence-electron chi connectivity index (χ4n) is 0.829. The third kappa shape index (κ3) is 7.09. The second kappa shape index (κ2) is 8.81. The summed E-state index contributed by atoms with van der Waals surface area (Å²) in [4.78, 5) is 0. The minimum absolute atomic E-state index is 0.832. The summed E-state index contributed by atoms with van der Waals surface area (Å²) in [5.41, 5.74) is 0. The third-order valence-electron chi connectivity index (χ3n) is 1.35. The third-order valence-corrected chi connectivity index (χ3v) is 7.01. The molecule has 0 aromatic heterocycles. The van der Waals surface area contributed by atoms with Crippen LogP contribution in [0.4, 0.5) is 0 Å². The summed E-state index contributed by atoms with van der Waals surface area (Å²) in [6, 6.07) is 0. The fraction of sp³-hybridized carbons (Fsp3) is 1.00. The first-order valence-corrected chi connectivity index (χ1v) is 8.81. The Hall–Kier alpha value is 0.719. The van der Waals surface area contributed by atoms with E-state index < -0.39 is 20.6 Å². The van der Waals surface area contributed by atoms with Crippen LogP contribution in [-0.4, -0.2) is 33.8 Å². The average Bonchev–Trinajstić information content (AvgIpc) is 2.01. The van der Waals surface area contributed by atoms with E-state index in [4.69, 9.17) is 6.15 Å². The van der Waals surface area contributed by atoms with Crippen LogP contribution in [0.1, 0.15) is 33.6 Å². The summed E-state index contributed by atoms with van der Waals surface area (Å²) >= 11 is -1.79. The molecule has 11 heavy (non-hydrogen) atoms. The molecule has 0 bridgehead atoms. The van der Waals surface area contributed by atoms with Crippen molar-refractivity contribution in [1.29, 1.82) is 0 Å². The van der Waals surface area contributed by atoms with E-state index in [-0.39, 0.29) is 0 Å². The van der Waals surface area contributed by atoms with Gasteiger partial charge < -0.3 is 0 Å². The van der Waals surface area contributed by atoms with Crippen molar-refractivity contribution in [2.24, 2.45) is 0 Å². The molecule has 0 unspecified atom stereocenters. The summed E-state index contributed by atoms with van der Waals surface area (Å²) in [7, 11) is 0. The van der Waals surface area contributed by atoms with Gasteiger partial charge >= 0.3 is 78.0 Å². The van der Waals surface area contributed by atoms with Crippen LogP contribution in [-0.2, 0) is 6.15 Å². The molecular formula is C8H19O2Sn. The fourth-order valence-corrected chi connectivity index (χ4v) is 5.56. The van der Waals surface area contributed by atoms with Crippen LogP contribution < -0.4 is 0 Å². The Morgan fingerprint density at radius 3 is 1.91 bits per heavy atom. The summed E-state index contributed by atoms with van der Waals surface area (Å²) in [6.45, 7) is 7.96. The number of unbranched alkanes of at least 4 members (excludes halogenated alkanes) is 1. The van der Waals surface area contributed by atoms with Gasteiger partial charge in [0.05, 0.1) is 0 Å². The van der Waals surface area contributed by atoms with Gasteiger partial charge in [0, 0.05) is 0 Å². The normalized spacial score (nSPS) is 10.9. The molecule has 3 heteroatoms. The van der Waals surface area contributed by atoms with Gasteiger partial charge in [-0.1, -0.05) is 0 Å². The van der Waals surface area contributed by atoms with E-state index in [0.29, 0.717) is 0 Å². The molecule has 0 spiro atoms. The molecule has 0 N–H and O–H groups in total. The molecule has 0 atom stereocenters. The molecule has 0 amide bonds. The Bertz CT molecular complexity index is 72.5. The van der Waals surface area contributed by atoms with Gasteiger partial charge in [0.15, 0.2) is 0 Å². The monoisotopic (exact) mass is 267 g/mol. The van der Waals surface area contributed by atoms with E-state index in [1.165, 1.54) is 17.3 Å². The maximum absolute atomic E-state index is 5.56. The van der Waals surface area contributed by atoms with E-state index in [9.17, 15) is 0 Å². The van der Waals surface area contributed by atoms with Crippen molar-refractivity contribution < 1.29 is 6.15 Å². The molecule has 0 aliphatic heterocycles. The van der Waals surface area contributed by atoms with Gasteiger partial charge in [0.1, 0.15) is 0 Å². The molecule has 0 aliphatic carbocycles. The van der Waals surface area contributed by atoms with Crippen LogP contribution in [0.15, 0.2) is 0 Å². The minimum atomic E-state index is -1.79. The zero-order valence-electron chi connectivity index (χ0n) is 7.85. The summed E-state index contributed by atoms with van der Waals surface area (Å²) in [5, 5.41) is 0. The van der Waals surface area contributed by atoms with Crippen molar-refractivity contribution in [2.45, 2.75) is 38.0 Å². The first-order valence-electron chi connectivity index (χ1n) is 4.46. The quantitative estimate of drug-likeness (QED) is 0.658. The van der Waals surface area contributed by atoms with Crippen molar-refractivity contribution >= 4 is 20.6 Å². The molecule has 0 aliphatic rings. The van der Waals surface area contributed by atoms with Gasteiger partial charge in [-0.3, -0.25) is 0 Å². The molecule has 0 aromatic rings. The standard InChI is InChI=1S/C4H9.2C2H5O.Sn/c1-3-4-2;2*1-2-3;/h1,3-4H2,2H3;2*2H2,1H3;/q;2*-1;+2. The van der Waals surface area contributed by atoms with Crippen LogP contribution in [0.5, 0.6) is 0 Å². The molecule has 0 rings (SSSR count). The zero-order valence-corrected chi connectivity index (χ0v) is 10.7. The number of hydrogen-bond donors (Lipinski definition) is 0. The van der Waals surface area contributed by atoms with Crippen LogP contribution in [0.25, 0.3) is 0 Å². The van der Waals surface area contributed by atoms with E-state index in [0.717, 1.165) is 13.2 Å². The van der Waals surface area contributed by atoms with Gasteiger partial charge in [-0.2, -0.15) is 0 Å². The Balaban J connectivity index is 3.34. The SMILES string of the molecule is CCC[CH2][Sn]([O]CC)[O]CC. The molecule has 0 fully saturated rings. The van der Waals surface area contributed by atoms with Crippen molar-refractivity contribution in [3.63, 3.8) is 0 Å². The van der Waals surface area contributed by atoms with Crippen molar-refractivity contribution in [2.75, 3.05) is 13.2 Å². The van der Waals surface area contributed by atoms with Crippen molar-refractivity contribution in [3.05, 3.63) is 0 Å². The van der Waals surface area contributed by atoms with Crippen LogP contribution in [0, 0.1) is 0 Å². The van der Waals surface area contributed by atoms with Crippen molar-refractivity contribution in [1.82, 2.24) is 0 Å². The topological polar surface area (TPSA) is 18.5 Å². The van der Waals surface area contributed by atoms with Crippen molar-refractivity contribution in [3.8, 4) is 0 Å². The van der Waals surface area contributed by atoms with Gasteiger partial charge in [-0.15, -0.1) is 0 Å². The van der Waals surface area contributed by atoms with Gasteiger partial charge in [0.25, 0.3) is 0 Å². The molecule has 2 nitrogen and oxygen atoms in total. The predicted octanol–water partition coefficient (Wildman–Crippen LogP) is 2.35. The molecule has 0 saturated heterocycles. The Morgan fingerprint density at radius 1 is 1.00 bits per heavy atom. The zero-order chi connectivity index (χ0) is 8.53. The van der Waals surface area contributed by atoms with E-state index >= 15 is 0 Å².